The first-order valence-electron chi connectivity index (χ1n) is 7.19. The van der Waals surface area contributed by atoms with Gasteiger partial charge in [0.15, 0.2) is 5.78 Å². The molecular weight excluding hydrogens is 282 g/mol. The fraction of sp³-hybridized carbons (Fsp3) is 0.312. The summed E-state index contributed by atoms with van der Waals surface area (Å²) in [6, 6.07) is 7.26. The van der Waals surface area contributed by atoms with Crippen molar-refractivity contribution in [1.82, 2.24) is 9.03 Å². The summed E-state index contributed by atoms with van der Waals surface area (Å²) in [5.74, 6) is -1.20. The highest BCUT2D eigenvalue weighted by molar-refractivity contribution is 6.23. The van der Waals surface area contributed by atoms with E-state index in [0.29, 0.717) is 5.52 Å². The molecule has 6 nitrogen and oxygen atoms in total. The van der Waals surface area contributed by atoms with E-state index in [9.17, 15) is 14.4 Å². The second kappa shape index (κ2) is 3.01. The topological polar surface area (TPSA) is 86.0 Å². The molecule has 22 heavy (non-hydrogen) atoms. The number of aromatic nitrogens is 2. The van der Waals surface area contributed by atoms with Crippen LogP contribution in [0.5, 0.6) is 0 Å². The molecule has 1 fully saturated rings. The van der Waals surface area contributed by atoms with E-state index in [-0.39, 0.29) is 22.8 Å². The van der Waals surface area contributed by atoms with Crippen molar-refractivity contribution >= 4 is 22.6 Å². The molecule has 2 aliphatic carbocycles. The molecule has 0 amide bonds. The van der Waals surface area contributed by atoms with Crippen molar-refractivity contribution in [3.05, 3.63) is 45.9 Å². The Kier molecular flexibility index (Phi) is 1.65. The molecular formula is C16H13N3O3. The highest BCUT2D eigenvalue weighted by Crippen LogP contribution is 2.64. The Hall–Kier alpha value is -2.47. The van der Waals surface area contributed by atoms with Crippen molar-refractivity contribution in [2.45, 2.75) is 19.4 Å². The fourth-order valence-corrected chi connectivity index (χ4v) is 4.25. The van der Waals surface area contributed by atoms with Crippen molar-refractivity contribution in [3.63, 3.8) is 0 Å². The monoisotopic (exact) mass is 295 g/mol. The van der Waals surface area contributed by atoms with Gasteiger partial charge in [0, 0.05) is 5.41 Å². The van der Waals surface area contributed by atoms with Crippen LogP contribution in [-0.4, -0.2) is 26.1 Å². The third kappa shape index (κ3) is 0.886. The molecule has 2 unspecified atom stereocenters. The fourth-order valence-electron chi connectivity index (χ4n) is 4.25. The average Bonchev–Trinajstić information content (AvgIpc) is 2.79. The Morgan fingerprint density at radius 1 is 1.05 bits per heavy atom. The van der Waals surface area contributed by atoms with Gasteiger partial charge in [-0.05, 0) is 12.1 Å². The van der Waals surface area contributed by atoms with E-state index in [4.69, 9.17) is 5.73 Å². The van der Waals surface area contributed by atoms with E-state index in [1.807, 2.05) is 32.0 Å². The molecule has 0 radical (unpaired) electrons. The van der Waals surface area contributed by atoms with Gasteiger partial charge in [-0.3, -0.25) is 14.4 Å². The normalized spacial score (nSPS) is 29.1. The summed E-state index contributed by atoms with van der Waals surface area (Å²) in [5, 5.41) is 0. The van der Waals surface area contributed by atoms with E-state index in [0.717, 1.165) is 5.52 Å². The van der Waals surface area contributed by atoms with Crippen LogP contribution >= 0.6 is 0 Å². The molecule has 3 aromatic rings. The lowest BCUT2D eigenvalue weighted by Crippen LogP contribution is -2.44. The molecule has 2 heterocycles. The zero-order chi connectivity index (χ0) is 15.6. The second-order valence-corrected chi connectivity index (χ2v) is 6.86. The number of carbonyl (C=O) groups is 2. The molecule has 6 heteroatoms. The van der Waals surface area contributed by atoms with Crippen molar-refractivity contribution in [2.75, 3.05) is 0 Å². The molecule has 2 N–H and O–H groups in total. The van der Waals surface area contributed by atoms with Crippen LogP contribution in [0.1, 0.15) is 34.7 Å². The molecule has 110 valence electrons. The van der Waals surface area contributed by atoms with Crippen LogP contribution in [0.15, 0.2) is 29.1 Å². The van der Waals surface area contributed by atoms with E-state index in [2.05, 4.69) is 0 Å². The predicted octanol–water partition coefficient (Wildman–Crippen LogP) is 0.722. The van der Waals surface area contributed by atoms with Gasteiger partial charge < -0.3 is 5.73 Å². The van der Waals surface area contributed by atoms with Crippen LogP contribution in [0.25, 0.3) is 11.0 Å². The van der Waals surface area contributed by atoms with Crippen molar-refractivity contribution in [2.24, 2.45) is 17.1 Å². The van der Waals surface area contributed by atoms with E-state index in [1.165, 1.54) is 9.03 Å². The van der Waals surface area contributed by atoms with Crippen LogP contribution in [-0.2, 0) is 0 Å². The number of hydrogen-bond acceptors (Lipinski definition) is 4. The summed E-state index contributed by atoms with van der Waals surface area (Å²) < 4.78 is 2.92. The van der Waals surface area contributed by atoms with Gasteiger partial charge in [-0.1, -0.05) is 26.0 Å². The molecule has 0 bridgehead atoms. The molecule has 2 aromatic heterocycles. The maximum Gasteiger partial charge on any atom is 0.283 e. The standard InChI is InChI=1S/C16H13N3O3/c1-15(2)12-11(20)9-10(13(21)16(12,15)17)18-7-5-3-4-6-8(7)19(18)14(9)22/h3-6,12H,17H2,1-2H3. The Bertz CT molecular complexity index is 1090. The Morgan fingerprint density at radius 2 is 1.64 bits per heavy atom. The van der Waals surface area contributed by atoms with Crippen LogP contribution in [0.3, 0.4) is 0 Å². The quantitative estimate of drug-likeness (QED) is 0.662. The summed E-state index contributed by atoms with van der Waals surface area (Å²) in [5.41, 5.74) is 5.65. The zero-order valence-corrected chi connectivity index (χ0v) is 12.1. The highest BCUT2D eigenvalue weighted by Gasteiger charge is 2.79. The summed E-state index contributed by atoms with van der Waals surface area (Å²) in [6.07, 6.45) is 0. The number of para-hydroxylation sites is 2. The van der Waals surface area contributed by atoms with Crippen molar-refractivity contribution in [1.29, 1.82) is 0 Å². The van der Waals surface area contributed by atoms with E-state index < -0.39 is 22.4 Å². The number of hydrogen-bond donors (Lipinski definition) is 1. The molecule has 1 saturated carbocycles. The minimum absolute atomic E-state index is 0.00199. The van der Waals surface area contributed by atoms with Gasteiger partial charge in [-0.15, -0.1) is 0 Å². The van der Waals surface area contributed by atoms with Crippen molar-refractivity contribution in [3.8, 4) is 0 Å². The van der Waals surface area contributed by atoms with Crippen LogP contribution in [0.2, 0.25) is 0 Å². The lowest BCUT2D eigenvalue weighted by atomic mass is 9.91. The largest absolute Gasteiger partial charge is 0.317 e. The number of carbonyl (C=O) groups excluding carboxylic acids is 2. The van der Waals surface area contributed by atoms with Crippen LogP contribution in [0.4, 0.5) is 0 Å². The van der Waals surface area contributed by atoms with Gasteiger partial charge in [0.2, 0.25) is 5.78 Å². The first-order valence-corrected chi connectivity index (χ1v) is 7.19. The Morgan fingerprint density at radius 3 is 2.27 bits per heavy atom. The molecule has 0 aliphatic heterocycles. The van der Waals surface area contributed by atoms with Crippen LogP contribution in [0, 0.1) is 11.3 Å². The summed E-state index contributed by atoms with van der Waals surface area (Å²) in [6.45, 7) is 3.61. The SMILES string of the molecule is CC1(C)C2C(=O)c3c(n4c5ccccc5n4c3=O)C(=O)C21N. The maximum absolute atomic E-state index is 12.9. The highest BCUT2D eigenvalue weighted by atomic mass is 16.2. The predicted molar refractivity (Wildman–Crippen MR) is 78.7 cm³/mol. The maximum atomic E-state index is 12.9. The molecule has 0 spiro atoms. The van der Waals surface area contributed by atoms with E-state index >= 15 is 0 Å². The Balaban J connectivity index is 1.96. The lowest BCUT2D eigenvalue weighted by molar-refractivity contribution is 0.0856. The second-order valence-electron chi connectivity index (χ2n) is 6.86. The lowest BCUT2D eigenvalue weighted by Gasteiger charge is -2.18. The number of ketones is 2. The number of nitrogens with two attached hydrogens (primary N) is 1. The molecule has 0 saturated heterocycles. The molecule has 1 aromatic carbocycles. The summed E-state index contributed by atoms with van der Waals surface area (Å²) in [7, 11) is 0. The van der Waals surface area contributed by atoms with Gasteiger partial charge >= 0.3 is 0 Å². The minimum atomic E-state index is -1.19. The average molecular weight is 295 g/mol. The van der Waals surface area contributed by atoms with E-state index in [1.54, 1.807) is 6.07 Å². The first kappa shape index (κ1) is 12.1. The number of Topliss-reactive ketones (excluding diaryl/α,β-unsaturated/α-hetero) is 2. The minimum Gasteiger partial charge on any atom is -0.317 e. The van der Waals surface area contributed by atoms with Gasteiger partial charge in [0.25, 0.3) is 5.56 Å². The number of rotatable bonds is 0. The van der Waals surface area contributed by atoms with Gasteiger partial charge in [0.1, 0.15) is 11.3 Å². The summed E-state index contributed by atoms with van der Waals surface area (Å²) >= 11 is 0. The third-order valence-electron chi connectivity index (χ3n) is 5.65. The molecule has 5 rings (SSSR count). The van der Waals surface area contributed by atoms with Gasteiger partial charge in [0.05, 0.1) is 22.5 Å². The number of fused-ring (bicyclic) bond motifs is 7. The zero-order valence-electron chi connectivity index (χ0n) is 12.1. The van der Waals surface area contributed by atoms with Crippen LogP contribution < -0.4 is 11.3 Å². The summed E-state index contributed by atoms with van der Waals surface area (Å²) in [4.78, 5) is 38.3. The van der Waals surface area contributed by atoms with Gasteiger partial charge in [-0.25, -0.2) is 9.03 Å². The molecule has 2 atom stereocenters. The third-order valence-corrected chi connectivity index (χ3v) is 5.65. The number of nitrogens with zero attached hydrogens (tertiary/aromatic N) is 2. The first-order chi connectivity index (χ1) is 10.3. The smallest absolute Gasteiger partial charge is 0.283 e. The van der Waals surface area contributed by atoms with Gasteiger partial charge in [-0.2, -0.15) is 0 Å². The Labute approximate surface area is 124 Å². The molecule has 2 aliphatic rings. The van der Waals surface area contributed by atoms with Crippen molar-refractivity contribution < 1.29 is 9.59 Å². The number of benzene rings is 1.